The smallest absolute Gasteiger partial charge is 0.239 e. The van der Waals surface area contributed by atoms with Crippen LogP contribution in [0.15, 0.2) is 0 Å². The van der Waals surface area contributed by atoms with Gasteiger partial charge in [0.2, 0.25) is 11.8 Å². The molecule has 2 aliphatic rings. The zero-order valence-corrected chi connectivity index (χ0v) is 11.0. The standard InChI is InChI=1S/C13H23N3O2/c1-9-10(4-2-5-11(9)14)13(18)16-7-3-6-15-12(17)8-16/h9-11H,2-8,14H2,1H3,(H,15,17). The van der Waals surface area contributed by atoms with Crippen molar-refractivity contribution in [2.24, 2.45) is 17.6 Å². The number of hydrogen-bond donors (Lipinski definition) is 2. The van der Waals surface area contributed by atoms with Gasteiger partial charge in [0.25, 0.3) is 0 Å². The molecule has 0 aromatic rings. The van der Waals surface area contributed by atoms with Crippen LogP contribution in [-0.2, 0) is 9.59 Å². The lowest BCUT2D eigenvalue weighted by Crippen LogP contribution is -2.47. The van der Waals surface area contributed by atoms with Gasteiger partial charge in [-0.3, -0.25) is 9.59 Å². The van der Waals surface area contributed by atoms with E-state index in [1.165, 1.54) is 0 Å². The summed E-state index contributed by atoms with van der Waals surface area (Å²) >= 11 is 0. The largest absolute Gasteiger partial charge is 0.354 e. The molecule has 1 aliphatic carbocycles. The van der Waals surface area contributed by atoms with Crippen LogP contribution in [0.25, 0.3) is 0 Å². The molecule has 2 fully saturated rings. The third-order valence-corrected chi connectivity index (χ3v) is 4.25. The molecule has 18 heavy (non-hydrogen) atoms. The Bertz CT molecular complexity index is 332. The lowest BCUT2D eigenvalue weighted by atomic mass is 9.76. The van der Waals surface area contributed by atoms with Crippen LogP contribution in [0.5, 0.6) is 0 Å². The van der Waals surface area contributed by atoms with Gasteiger partial charge in [-0.15, -0.1) is 0 Å². The quantitative estimate of drug-likeness (QED) is 0.696. The van der Waals surface area contributed by atoms with Gasteiger partial charge in [0, 0.05) is 25.0 Å². The molecule has 0 aromatic heterocycles. The number of nitrogens with zero attached hydrogens (tertiary/aromatic N) is 1. The first kappa shape index (κ1) is 13.3. The van der Waals surface area contributed by atoms with Crippen molar-refractivity contribution in [1.29, 1.82) is 0 Å². The fraction of sp³-hybridized carbons (Fsp3) is 0.846. The topological polar surface area (TPSA) is 75.4 Å². The summed E-state index contributed by atoms with van der Waals surface area (Å²) in [7, 11) is 0. The number of amides is 2. The Morgan fingerprint density at radius 3 is 2.94 bits per heavy atom. The van der Waals surface area contributed by atoms with E-state index < -0.39 is 0 Å². The van der Waals surface area contributed by atoms with E-state index in [2.05, 4.69) is 12.2 Å². The first-order chi connectivity index (χ1) is 8.59. The van der Waals surface area contributed by atoms with Crippen molar-refractivity contribution in [1.82, 2.24) is 10.2 Å². The molecule has 3 atom stereocenters. The Balaban J connectivity index is 2.02. The second kappa shape index (κ2) is 5.69. The fourth-order valence-corrected chi connectivity index (χ4v) is 2.97. The molecule has 102 valence electrons. The maximum absolute atomic E-state index is 12.5. The van der Waals surface area contributed by atoms with Crippen LogP contribution in [0.2, 0.25) is 0 Å². The minimum absolute atomic E-state index is 0.000324. The molecule has 3 N–H and O–H groups in total. The van der Waals surface area contributed by atoms with Gasteiger partial charge >= 0.3 is 0 Å². The highest BCUT2D eigenvalue weighted by molar-refractivity contribution is 5.86. The Labute approximate surface area is 108 Å². The van der Waals surface area contributed by atoms with E-state index >= 15 is 0 Å². The molecule has 3 unspecified atom stereocenters. The van der Waals surface area contributed by atoms with Gasteiger partial charge < -0.3 is 16.0 Å². The summed E-state index contributed by atoms with van der Waals surface area (Å²) in [6.07, 6.45) is 3.77. The minimum Gasteiger partial charge on any atom is -0.354 e. The summed E-state index contributed by atoms with van der Waals surface area (Å²) < 4.78 is 0. The molecule has 0 aromatic carbocycles. The van der Waals surface area contributed by atoms with E-state index in [0.717, 1.165) is 25.7 Å². The highest BCUT2D eigenvalue weighted by Crippen LogP contribution is 2.30. The van der Waals surface area contributed by atoms with Gasteiger partial charge in [-0.1, -0.05) is 13.3 Å². The Kier molecular flexibility index (Phi) is 4.22. The molecule has 1 saturated carbocycles. The van der Waals surface area contributed by atoms with Crippen LogP contribution in [0.3, 0.4) is 0 Å². The molecule has 0 bridgehead atoms. The Morgan fingerprint density at radius 1 is 1.39 bits per heavy atom. The number of carbonyl (C=O) groups is 2. The lowest BCUT2D eigenvalue weighted by molar-refractivity contribution is -0.141. The first-order valence-corrected chi connectivity index (χ1v) is 6.90. The van der Waals surface area contributed by atoms with Crippen LogP contribution in [0.1, 0.15) is 32.6 Å². The van der Waals surface area contributed by atoms with Crippen LogP contribution in [0, 0.1) is 11.8 Å². The Hall–Kier alpha value is -1.10. The first-order valence-electron chi connectivity index (χ1n) is 6.90. The van der Waals surface area contributed by atoms with Crippen molar-refractivity contribution in [3.63, 3.8) is 0 Å². The van der Waals surface area contributed by atoms with Gasteiger partial charge in [-0.25, -0.2) is 0 Å². The van der Waals surface area contributed by atoms with E-state index in [1.807, 2.05) is 0 Å². The molecule has 1 aliphatic heterocycles. The summed E-state index contributed by atoms with van der Waals surface area (Å²) in [4.78, 5) is 25.7. The highest BCUT2D eigenvalue weighted by atomic mass is 16.2. The predicted molar refractivity (Wildman–Crippen MR) is 68.7 cm³/mol. The van der Waals surface area contributed by atoms with E-state index in [4.69, 9.17) is 5.73 Å². The van der Waals surface area contributed by atoms with Crippen LogP contribution in [0.4, 0.5) is 0 Å². The molecular formula is C13H23N3O2. The van der Waals surface area contributed by atoms with Crippen molar-refractivity contribution in [3.05, 3.63) is 0 Å². The molecule has 5 nitrogen and oxygen atoms in total. The van der Waals surface area contributed by atoms with E-state index in [0.29, 0.717) is 13.1 Å². The molecule has 1 heterocycles. The lowest BCUT2D eigenvalue weighted by Gasteiger charge is -2.35. The van der Waals surface area contributed by atoms with Gasteiger partial charge in [0.05, 0.1) is 6.54 Å². The third-order valence-electron chi connectivity index (χ3n) is 4.25. The molecular weight excluding hydrogens is 230 g/mol. The molecule has 2 rings (SSSR count). The van der Waals surface area contributed by atoms with E-state index in [1.54, 1.807) is 4.90 Å². The number of nitrogens with two attached hydrogens (primary N) is 1. The Morgan fingerprint density at radius 2 is 2.17 bits per heavy atom. The van der Waals surface area contributed by atoms with E-state index in [9.17, 15) is 9.59 Å². The number of nitrogens with one attached hydrogen (secondary N) is 1. The summed E-state index contributed by atoms with van der Waals surface area (Å²) in [6, 6.07) is 0.119. The third kappa shape index (κ3) is 2.83. The molecule has 1 saturated heterocycles. The summed E-state index contributed by atoms with van der Waals surface area (Å²) in [5.74, 6) is 0.292. The van der Waals surface area contributed by atoms with Crippen LogP contribution >= 0.6 is 0 Å². The van der Waals surface area contributed by atoms with Crippen LogP contribution in [-0.4, -0.2) is 42.4 Å². The second-order valence-corrected chi connectivity index (χ2v) is 5.52. The van der Waals surface area contributed by atoms with Gasteiger partial charge in [-0.2, -0.15) is 0 Å². The van der Waals surface area contributed by atoms with Crippen molar-refractivity contribution in [3.8, 4) is 0 Å². The van der Waals surface area contributed by atoms with Gasteiger partial charge in [-0.05, 0) is 25.2 Å². The van der Waals surface area contributed by atoms with Gasteiger partial charge in [0.15, 0.2) is 0 Å². The number of rotatable bonds is 1. The average Bonchev–Trinajstić information content (AvgIpc) is 2.56. The van der Waals surface area contributed by atoms with Crippen LogP contribution < -0.4 is 11.1 Å². The van der Waals surface area contributed by atoms with Crippen molar-refractivity contribution in [2.75, 3.05) is 19.6 Å². The minimum atomic E-state index is -0.0476. The summed E-state index contributed by atoms with van der Waals surface area (Å²) in [5.41, 5.74) is 6.04. The second-order valence-electron chi connectivity index (χ2n) is 5.52. The summed E-state index contributed by atoms with van der Waals surface area (Å²) in [6.45, 7) is 3.61. The molecule has 2 amide bonds. The fourth-order valence-electron chi connectivity index (χ4n) is 2.97. The summed E-state index contributed by atoms with van der Waals surface area (Å²) in [5, 5.41) is 2.79. The molecule has 0 spiro atoms. The van der Waals surface area contributed by atoms with Crippen molar-refractivity contribution in [2.45, 2.75) is 38.6 Å². The molecule has 0 radical (unpaired) electrons. The maximum atomic E-state index is 12.5. The SMILES string of the molecule is CC1C(N)CCCC1C(=O)N1CCCNC(=O)C1. The normalized spacial score (nSPS) is 33.8. The number of hydrogen-bond acceptors (Lipinski definition) is 3. The van der Waals surface area contributed by atoms with Gasteiger partial charge in [0.1, 0.15) is 0 Å². The zero-order chi connectivity index (χ0) is 13.1. The predicted octanol–water partition coefficient (Wildman–Crippen LogP) is 0.0984. The van der Waals surface area contributed by atoms with Crippen molar-refractivity contribution >= 4 is 11.8 Å². The average molecular weight is 253 g/mol. The van der Waals surface area contributed by atoms with E-state index in [-0.39, 0.29) is 36.2 Å². The highest BCUT2D eigenvalue weighted by Gasteiger charge is 2.35. The zero-order valence-electron chi connectivity index (χ0n) is 11.0. The monoisotopic (exact) mass is 253 g/mol. The maximum Gasteiger partial charge on any atom is 0.239 e. The molecule has 5 heteroatoms. The number of carbonyl (C=O) groups excluding carboxylic acids is 2. The van der Waals surface area contributed by atoms with Crippen molar-refractivity contribution < 1.29 is 9.59 Å².